The van der Waals surface area contributed by atoms with Gasteiger partial charge in [-0.05, 0) is 82.8 Å². The minimum atomic E-state index is -0.539. The van der Waals surface area contributed by atoms with Crippen LogP contribution in [0.4, 0.5) is 5.69 Å². The Balaban J connectivity index is 1.85. The highest BCUT2D eigenvalue weighted by Gasteiger charge is 2.17. The van der Waals surface area contributed by atoms with Gasteiger partial charge in [-0.25, -0.2) is 4.79 Å². The Morgan fingerprint density at radius 3 is 2.41 bits per heavy atom. The summed E-state index contributed by atoms with van der Waals surface area (Å²) in [5.74, 6) is -0.491. The number of hydrogen-bond acceptors (Lipinski definition) is 5. The lowest BCUT2D eigenvalue weighted by atomic mass is 10.1. The molecule has 0 radical (unpaired) electrons. The summed E-state index contributed by atoms with van der Waals surface area (Å²) in [6, 6.07) is 20.8. The number of methoxy groups -OCH3 is 1. The van der Waals surface area contributed by atoms with Crippen molar-refractivity contribution in [2.45, 2.75) is 0 Å². The molecular weight excluding hydrogens is 587 g/mol. The number of esters is 1. The highest BCUT2D eigenvalue weighted by Crippen LogP contribution is 2.35. The first-order valence-electron chi connectivity index (χ1n) is 9.24. The predicted octanol–water partition coefficient (Wildman–Crippen LogP) is 5.83. The predicted molar refractivity (Wildman–Crippen MR) is 133 cm³/mol. The van der Waals surface area contributed by atoms with Gasteiger partial charge in [-0.2, -0.15) is 5.26 Å². The van der Waals surface area contributed by atoms with E-state index in [1.165, 1.54) is 13.2 Å². The van der Waals surface area contributed by atoms with Crippen LogP contribution in [-0.4, -0.2) is 19.0 Å². The van der Waals surface area contributed by atoms with Crippen LogP contribution in [0.5, 0.6) is 11.5 Å². The monoisotopic (exact) mass is 602 g/mol. The van der Waals surface area contributed by atoms with Crippen LogP contribution in [0, 0.1) is 14.9 Å². The Kier molecular flexibility index (Phi) is 8.03. The van der Waals surface area contributed by atoms with Crippen LogP contribution in [0.15, 0.2) is 76.8 Å². The molecule has 32 heavy (non-hydrogen) atoms. The minimum absolute atomic E-state index is 0.0835. The zero-order valence-corrected chi connectivity index (χ0v) is 20.5. The van der Waals surface area contributed by atoms with E-state index >= 15 is 0 Å². The van der Waals surface area contributed by atoms with E-state index in [2.05, 4.69) is 21.2 Å². The molecule has 0 aliphatic carbocycles. The van der Waals surface area contributed by atoms with Gasteiger partial charge in [0.2, 0.25) is 0 Å². The third-order valence-electron chi connectivity index (χ3n) is 4.23. The first kappa shape index (κ1) is 23.5. The SMILES string of the molecule is COc1cc(/C=C(\C#N)C(=O)Nc2ccc(Br)cc2)cc(I)c1OC(=O)c1ccccc1. The van der Waals surface area contributed by atoms with Crippen molar-refractivity contribution in [1.29, 1.82) is 5.26 Å². The molecule has 160 valence electrons. The molecule has 0 aromatic heterocycles. The van der Waals surface area contributed by atoms with Crippen LogP contribution in [0.2, 0.25) is 0 Å². The van der Waals surface area contributed by atoms with Crippen LogP contribution >= 0.6 is 38.5 Å². The topological polar surface area (TPSA) is 88.4 Å². The average molecular weight is 603 g/mol. The number of nitriles is 1. The summed E-state index contributed by atoms with van der Waals surface area (Å²) in [5, 5.41) is 12.2. The van der Waals surface area contributed by atoms with E-state index in [1.807, 2.05) is 34.7 Å². The van der Waals surface area contributed by atoms with Gasteiger partial charge in [0.1, 0.15) is 11.6 Å². The van der Waals surface area contributed by atoms with Crippen molar-refractivity contribution < 1.29 is 19.1 Å². The lowest BCUT2D eigenvalue weighted by Crippen LogP contribution is -2.13. The van der Waals surface area contributed by atoms with E-state index < -0.39 is 11.9 Å². The maximum atomic E-state index is 12.5. The average Bonchev–Trinajstić information content (AvgIpc) is 2.80. The van der Waals surface area contributed by atoms with Crippen molar-refractivity contribution in [3.63, 3.8) is 0 Å². The second-order valence-electron chi connectivity index (χ2n) is 6.42. The Morgan fingerprint density at radius 1 is 1.09 bits per heavy atom. The fraction of sp³-hybridized carbons (Fsp3) is 0.0417. The van der Waals surface area contributed by atoms with Crippen molar-refractivity contribution in [2.75, 3.05) is 12.4 Å². The van der Waals surface area contributed by atoms with Crippen molar-refractivity contribution in [3.8, 4) is 17.6 Å². The number of amides is 1. The van der Waals surface area contributed by atoms with Gasteiger partial charge >= 0.3 is 5.97 Å². The summed E-state index contributed by atoms with van der Waals surface area (Å²) in [4.78, 5) is 25.0. The van der Waals surface area contributed by atoms with Crippen LogP contribution in [0.3, 0.4) is 0 Å². The van der Waals surface area contributed by atoms with Crippen LogP contribution in [0.1, 0.15) is 15.9 Å². The molecule has 8 heteroatoms. The molecule has 0 aliphatic heterocycles. The molecule has 1 amide bonds. The van der Waals surface area contributed by atoms with Gasteiger partial charge in [-0.15, -0.1) is 0 Å². The quantitative estimate of drug-likeness (QED) is 0.126. The van der Waals surface area contributed by atoms with Crippen molar-refractivity contribution in [3.05, 3.63) is 91.5 Å². The van der Waals surface area contributed by atoms with Crippen molar-refractivity contribution in [2.24, 2.45) is 0 Å². The third kappa shape index (κ3) is 5.96. The van der Waals surface area contributed by atoms with Gasteiger partial charge in [0, 0.05) is 10.2 Å². The molecule has 0 saturated heterocycles. The number of anilines is 1. The maximum Gasteiger partial charge on any atom is 0.343 e. The van der Waals surface area contributed by atoms with Crippen LogP contribution in [0.25, 0.3) is 6.08 Å². The number of halogens is 2. The molecule has 0 spiro atoms. The van der Waals surface area contributed by atoms with Gasteiger partial charge in [-0.1, -0.05) is 34.1 Å². The molecule has 0 unspecified atom stereocenters. The number of benzene rings is 3. The Morgan fingerprint density at radius 2 is 1.78 bits per heavy atom. The van der Waals surface area contributed by atoms with Crippen LogP contribution < -0.4 is 14.8 Å². The summed E-state index contributed by atoms with van der Waals surface area (Å²) in [6.45, 7) is 0. The lowest BCUT2D eigenvalue weighted by molar-refractivity contribution is -0.112. The summed E-state index contributed by atoms with van der Waals surface area (Å²) >= 11 is 5.34. The van der Waals surface area contributed by atoms with E-state index in [0.717, 1.165) is 4.47 Å². The van der Waals surface area contributed by atoms with E-state index in [4.69, 9.17) is 9.47 Å². The highest BCUT2D eigenvalue weighted by molar-refractivity contribution is 14.1. The Hall–Kier alpha value is -3.16. The van der Waals surface area contributed by atoms with Gasteiger partial charge in [0.25, 0.3) is 5.91 Å². The van der Waals surface area contributed by atoms with Gasteiger partial charge in [0.15, 0.2) is 11.5 Å². The summed E-state index contributed by atoms with van der Waals surface area (Å²) in [5.41, 5.74) is 1.44. The molecule has 3 aromatic rings. The normalized spacial score (nSPS) is 10.8. The van der Waals surface area contributed by atoms with Gasteiger partial charge in [-0.3, -0.25) is 4.79 Å². The molecule has 6 nitrogen and oxygen atoms in total. The largest absolute Gasteiger partial charge is 0.493 e. The second kappa shape index (κ2) is 10.9. The molecule has 3 rings (SSSR count). The maximum absolute atomic E-state index is 12.5. The standard InChI is InChI=1S/C24H16BrIN2O4/c1-31-21-13-15(11-17(14-27)23(29)28-19-9-7-18(25)8-10-19)12-20(26)22(21)32-24(30)16-5-3-2-4-6-16/h2-13H,1H3,(H,28,29)/b17-11+. The Bertz CT molecular complexity index is 1220. The van der Waals surface area contributed by atoms with E-state index in [1.54, 1.807) is 60.7 Å². The third-order valence-corrected chi connectivity index (χ3v) is 5.56. The zero-order chi connectivity index (χ0) is 23.1. The molecule has 0 atom stereocenters. The fourth-order valence-electron chi connectivity index (χ4n) is 2.69. The number of rotatable bonds is 6. The molecule has 0 heterocycles. The molecule has 0 bridgehead atoms. The molecule has 1 N–H and O–H groups in total. The number of hydrogen-bond donors (Lipinski definition) is 1. The summed E-state index contributed by atoms with van der Waals surface area (Å²) in [6.07, 6.45) is 1.45. The number of nitrogens with zero attached hydrogens (tertiary/aromatic N) is 1. The summed E-state index contributed by atoms with van der Waals surface area (Å²) < 4.78 is 12.4. The minimum Gasteiger partial charge on any atom is -0.493 e. The molecular formula is C24H16BrIN2O4. The van der Waals surface area contributed by atoms with Crippen LogP contribution in [-0.2, 0) is 4.79 Å². The van der Waals surface area contributed by atoms with Gasteiger partial charge in [0.05, 0.1) is 16.2 Å². The van der Waals surface area contributed by atoms with Crippen molar-refractivity contribution in [1.82, 2.24) is 0 Å². The number of nitrogens with one attached hydrogen (secondary N) is 1. The number of carbonyl (C=O) groups is 2. The first-order valence-corrected chi connectivity index (χ1v) is 11.1. The van der Waals surface area contributed by atoms with E-state index in [0.29, 0.717) is 26.1 Å². The Labute approximate surface area is 207 Å². The molecule has 0 saturated carbocycles. The number of ether oxygens (including phenoxy) is 2. The molecule has 0 fully saturated rings. The lowest BCUT2D eigenvalue weighted by Gasteiger charge is -2.12. The summed E-state index contributed by atoms with van der Waals surface area (Å²) in [7, 11) is 1.45. The fourth-order valence-corrected chi connectivity index (χ4v) is 3.69. The molecule has 0 aliphatic rings. The zero-order valence-electron chi connectivity index (χ0n) is 16.8. The van der Waals surface area contributed by atoms with E-state index in [9.17, 15) is 14.9 Å². The number of carbonyl (C=O) groups excluding carboxylic acids is 2. The van der Waals surface area contributed by atoms with Gasteiger partial charge < -0.3 is 14.8 Å². The van der Waals surface area contributed by atoms with Crippen molar-refractivity contribution >= 4 is 62.2 Å². The second-order valence-corrected chi connectivity index (χ2v) is 8.50. The molecule has 3 aromatic carbocycles. The first-order chi connectivity index (χ1) is 15.4. The highest BCUT2D eigenvalue weighted by atomic mass is 127. The van der Waals surface area contributed by atoms with E-state index in [-0.39, 0.29) is 11.3 Å². The smallest absolute Gasteiger partial charge is 0.343 e.